The molecule has 2 rings (SSSR count). The van der Waals surface area contributed by atoms with E-state index in [1.807, 2.05) is 13.8 Å². The fraction of sp³-hybridized carbons (Fsp3) is 0.462. The SMILES string of the molecule is CC(C)C1CC(c2c(Cl)cc(C(F)(F)F)cc2Cl)=NO1. The van der Waals surface area contributed by atoms with Gasteiger partial charge in [0.25, 0.3) is 0 Å². The fourth-order valence-electron chi connectivity index (χ4n) is 1.91. The summed E-state index contributed by atoms with van der Waals surface area (Å²) >= 11 is 11.9. The van der Waals surface area contributed by atoms with Gasteiger partial charge in [0, 0.05) is 12.0 Å². The zero-order valence-corrected chi connectivity index (χ0v) is 12.3. The maximum atomic E-state index is 12.7. The van der Waals surface area contributed by atoms with Gasteiger partial charge in [-0.05, 0) is 18.1 Å². The van der Waals surface area contributed by atoms with E-state index in [1.165, 1.54) is 0 Å². The molecule has 1 aromatic carbocycles. The van der Waals surface area contributed by atoms with E-state index in [2.05, 4.69) is 5.16 Å². The van der Waals surface area contributed by atoms with Crippen LogP contribution < -0.4 is 0 Å². The topological polar surface area (TPSA) is 21.6 Å². The van der Waals surface area contributed by atoms with E-state index in [9.17, 15) is 13.2 Å². The lowest BCUT2D eigenvalue weighted by Crippen LogP contribution is -2.16. The van der Waals surface area contributed by atoms with Gasteiger partial charge in [-0.2, -0.15) is 13.2 Å². The first-order valence-electron chi connectivity index (χ1n) is 5.99. The molecule has 110 valence electrons. The molecule has 20 heavy (non-hydrogen) atoms. The van der Waals surface area contributed by atoms with E-state index in [1.54, 1.807) is 0 Å². The van der Waals surface area contributed by atoms with Gasteiger partial charge in [0.05, 0.1) is 21.3 Å². The van der Waals surface area contributed by atoms with Crippen LogP contribution in [0.2, 0.25) is 10.0 Å². The van der Waals surface area contributed by atoms with Crippen LogP contribution in [-0.2, 0) is 11.0 Å². The summed E-state index contributed by atoms with van der Waals surface area (Å²) in [6.07, 6.45) is -4.12. The molecule has 0 radical (unpaired) electrons. The monoisotopic (exact) mass is 325 g/mol. The third-order valence-corrected chi connectivity index (χ3v) is 3.69. The third kappa shape index (κ3) is 3.04. The van der Waals surface area contributed by atoms with Crippen LogP contribution >= 0.6 is 23.2 Å². The van der Waals surface area contributed by atoms with E-state index in [-0.39, 0.29) is 22.1 Å². The summed E-state index contributed by atoms with van der Waals surface area (Å²) < 4.78 is 38.0. The molecule has 0 aliphatic carbocycles. The van der Waals surface area contributed by atoms with Crippen molar-refractivity contribution in [3.8, 4) is 0 Å². The van der Waals surface area contributed by atoms with Crippen LogP contribution in [0.3, 0.4) is 0 Å². The second kappa shape index (κ2) is 5.45. The van der Waals surface area contributed by atoms with Crippen LogP contribution in [0.1, 0.15) is 31.4 Å². The summed E-state index contributed by atoms with van der Waals surface area (Å²) in [6, 6.07) is 1.71. The highest BCUT2D eigenvalue weighted by atomic mass is 35.5. The minimum Gasteiger partial charge on any atom is -0.392 e. The van der Waals surface area contributed by atoms with E-state index in [0.29, 0.717) is 17.7 Å². The first-order valence-corrected chi connectivity index (χ1v) is 6.75. The Morgan fingerprint density at radius 2 is 1.80 bits per heavy atom. The number of oxime groups is 1. The minimum atomic E-state index is -4.49. The highest BCUT2D eigenvalue weighted by Gasteiger charge is 2.34. The number of hydrogen-bond donors (Lipinski definition) is 0. The molecule has 1 aliphatic heterocycles. The van der Waals surface area contributed by atoms with Crippen molar-refractivity contribution in [1.82, 2.24) is 0 Å². The summed E-state index contributed by atoms with van der Waals surface area (Å²) in [5.41, 5.74) is -0.0897. The first-order chi connectivity index (χ1) is 9.20. The van der Waals surface area contributed by atoms with Crippen molar-refractivity contribution >= 4 is 28.9 Å². The molecular formula is C13H12Cl2F3NO. The summed E-state index contributed by atoms with van der Waals surface area (Å²) in [5, 5.41) is 3.74. The van der Waals surface area contributed by atoms with Gasteiger partial charge >= 0.3 is 6.18 Å². The Labute approximate surface area is 124 Å². The lowest BCUT2D eigenvalue weighted by Gasteiger charge is -2.13. The van der Waals surface area contributed by atoms with Crippen LogP contribution in [0.25, 0.3) is 0 Å². The Hall–Kier alpha value is -0.940. The van der Waals surface area contributed by atoms with Crippen LogP contribution in [0.15, 0.2) is 17.3 Å². The quantitative estimate of drug-likeness (QED) is 0.735. The molecule has 2 nitrogen and oxygen atoms in total. The van der Waals surface area contributed by atoms with Crippen molar-refractivity contribution in [1.29, 1.82) is 0 Å². The molecule has 0 saturated heterocycles. The predicted octanol–water partition coefficient (Wildman–Crippen LogP) is 5.16. The average molecular weight is 326 g/mol. The molecule has 1 heterocycles. The van der Waals surface area contributed by atoms with Gasteiger partial charge in [-0.15, -0.1) is 0 Å². The standard InChI is InChI=1S/C13H12Cl2F3NO/c1-6(2)11-5-10(19-20-11)12-8(14)3-7(4-9(12)15)13(16,17)18/h3-4,6,11H,5H2,1-2H3. The van der Waals surface area contributed by atoms with Crippen LogP contribution in [0.5, 0.6) is 0 Å². The third-order valence-electron chi connectivity index (χ3n) is 3.09. The number of nitrogens with zero attached hydrogens (tertiary/aromatic N) is 1. The summed E-state index contributed by atoms with van der Waals surface area (Å²) in [5.74, 6) is 0.239. The summed E-state index contributed by atoms with van der Waals surface area (Å²) in [7, 11) is 0. The van der Waals surface area contributed by atoms with Gasteiger partial charge < -0.3 is 4.84 Å². The highest BCUT2D eigenvalue weighted by molar-refractivity contribution is 6.40. The lowest BCUT2D eigenvalue weighted by atomic mass is 9.97. The second-order valence-corrected chi connectivity index (χ2v) is 5.76. The van der Waals surface area contributed by atoms with E-state index < -0.39 is 11.7 Å². The molecule has 1 unspecified atom stereocenters. The number of alkyl halides is 3. The number of benzene rings is 1. The van der Waals surface area contributed by atoms with Crippen LogP contribution in [0, 0.1) is 5.92 Å². The Bertz CT molecular complexity index is 532. The first kappa shape index (κ1) is 15.4. The number of halogens is 5. The van der Waals surface area contributed by atoms with Crippen molar-refractivity contribution in [2.75, 3.05) is 0 Å². The van der Waals surface area contributed by atoms with E-state index in [0.717, 1.165) is 12.1 Å². The van der Waals surface area contributed by atoms with Gasteiger partial charge in [0.15, 0.2) is 0 Å². The smallest absolute Gasteiger partial charge is 0.392 e. The Morgan fingerprint density at radius 1 is 1.25 bits per heavy atom. The lowest BCUT2D eigenvalue weighted by molar-refractivity contribution is -0.137. The second-order valence-electron chi connectivity index (χ2n) is 4.94. The van der Waals surface area contributed by atoms with Gasteiger partial charge in [-0.3, -0.25) is 0 Å². The van der Waals surface area contributed by atoms with Crippen molar-refractivity contribution in [3.05, 3.63) is 33.3 Å². The summed E-state index contributed by atoms with van der Waals surface area (Å²) in [4.78, 5) is 5.24. The Morgan fingerprint density at radius 3 is 2.20 bits per heavy atom. The van der Waals surface area contributed by atoms with Crippen molar-refractivity contribution in [2.24, 2.45) is 11.1 Å². The highest BCUT2D eigenvalue weighted by Crippen LogP contribution is 2.37. The maximum absolute atomic E-state index is 12.7. The molecule has 0 bridgehead atoms. The molecule has 0 aromatic heterocycles. The van der Waals surface area contributed by atoms with Gasteiger partial charge in [-0.25, -0.2) is 0 Å². The molecule has 1 aliphatic rings. The van der Waals surface area contributed by atoms with Gasteiger partial charge in [0.2, 0.25) is 0 Å². The number of rotatable bonds is 2. The van der Waals surface area contributed by atoms with Gasteiger partial charge in [-0.1, -0.05) is 42.2 Å². The van der Waals surface area contributed by atoms with Gasteiger partial charge in [0.1, 0.15) is 6.10 Å². The largest absolute Gasteiger partial charge is 0.416 e. The molecule has 1 atom stereocenters. The summed E-state index contributed by atoms with van der Waals surface area (Å²) in [6.45, 7) is 3.94. The molecule has 0 N–H and O–H groups in total. The fourth-order valence-corrected chi connectivity index (χ4v) is 2.62. The van der Waals surface area contributed by atoms with Crippen molar-refractivity contribution in [2.45, 2.75) is 32.5 Å². The molecular weight excluding hydrogens is 314 g/mol. The molecule has 0 saturated carbocycles. The normalized spacial score (nSPS) is 19.2. The molecule has 1 aromatic rings. The molecule has 0 fully saturated rings. The predicted molar refractivity (Wildman–Crippen MR) is 72.3 cm³/mol. The maximum Gasteiger partial charge on any atom is 0.416 e. The van der Waals surface area contributed by atoms with Crippen LogP contribution in [-0.4, -0.2) is 11.8 Å². The average Bonchev–Trinajstić information content (AvgIpc) is 2.76. The molecule has 0 amide bonds. The van der Waals surface area contributed by atoms with E-state index in [4.69, 9.17) is 28.0 Å². The zero-order valence-electron chi connectivity index (χ0n) is 10.8. The van der Waals surface area contributed by atoms with Crippen LogP contribution in [0.4, 0.5) is 13.2 Å². The number of hydrogen-bond acceptors (Lipinski definition) is 2. The van der Waals surface area contributed by atoms with Crippen molar-refractivity contribution in [3.63, 3.8) is 0 Å². The van der Waals surface area contributed by atoms with E-state index >= 15 is 0 Å². The molecule has 7 heteroatoms. The zero-order chi connectivity index (χ0) is 15.1. The molecule has 0 spiro atoms. The Kier molecular flexibility index (Phi) is 4.21. The van der Waals surface area contributed by atoms with Crippen molar-refractivity contribution < 1.29 is 18.0 Å². The Balaban J connectivity index is 2.36. The minimum absolute atomic E-state index is 0.0726.